The van der Waals surface area contributed by atoms with E-state index in [1.54, 1.807) is 6.21 Å². The average molecular weight is 403 g/mol. The molecule has 3 rings (SSSR count). The van der Waals surface area contributed by atoms with E-state index in [1.165, 1.54) is 16.8 Å². The van der Waals surface area contributed by atoms with Crippen LogP contribution in [-0.2, 0) is 6.42 Å². The van der Waals surface area contributed by atoms with E-state index in [0.717, 1.165) is 40.2 Å². The number of nitrogens with zero attached hydrogens (tertiary/aromatic N) is 2. The Hall–Kier alpha value is -3.34. The number of aryl methyl sites for hydroxylation is 4. The number of para-hydroxylation sites is 1. The van der Waals surface area contributed by atoms with E-state index in [4.69, 9.17) is 0 Å². The largest absolute Gasteiger partial charge is 0.339 e. The summed E-state index contributed by atoms with van der Waals surface area (Å²) >= 11 is 0. The fourth-order valence-electron chi connectivity index (χ4n) is 3.78. The smallest absolute Gasteiger partial charge is 0.317 e. The number of anilines is 1. The normalized spacial score (nSPS) is 11.1. The van der Waals surface area contributed by atoms with Crippen LogP contribution in [0, 0.1) is 34.6 Å². The predicted octanol–water partition coefficient (Wildman–Crippen LogP) is 5.74. The molecule has 0 spiro atoms. The third kappa shape index (κ3) is 4.30. The van der Waals surface area contributed by atoms with Crippen LogP contribution in [0.15, 0.2) is 47.6 Å². The molecule has 0 aliphatic carbocycles. The minimum Gasteiger partial charge on any atom is -0.317 e. The molecule has 0 aliphatic heterocycles. The molecule has 0 unspecified atom stereocenters. The first kappa shape index (κ1) is 21.4. The molecule has 156 valence electrons. The van der Waals surface area contributed by atoms with Crippen LogP contribution in [-0.4, -0.2) is 16.8 Å². The molecule has 5 heteroatoms. The van der Waals surface area contributed by atoms with E-state index < -0.39 is 0 Å². The van der Waals surface area contributed by atoms with Gasteiger partial charge in [0.25, 0.3) is 0 Å². The van der Waals surface area contributed by atoms with Crippen LogP contribution in [0.4, 0.5) is 10.5 Å². The molecule has 3 aromatic rings. The molecule has 0 aliphatic rings. The van der Waals surface area contributed by atoms with Gasteiger partial charge in [0.15, 0.2) is 0 Å². The molecule has 2 aromatic carbocycles. The van der Waals surface area contributed by atoms with Gasteiger partial charge in [0.2, 0.25) is 0 Å². The van der Waals surface area contributed by atoms with E-state index in [-0.39, 0.29) is 6.03 Å². The van der Waals surface area contributed by atoms with E-state index in [1.807, 2.05) is 32.0 Å². The highest BCUT2D eigenvalue weighted by Gasteiger charge is 2.14. The lowest BCUT2D eigenvalue weighted by atomic mass is 10.1. The highest BCUT2D eigenvalue weighted by molar-refractivity contribution is 5.91. The van der Waals surface area contributed by atoms with Gasteiger partial charge in [0.05, 0.1) is 11.9 Å². The van der Waals surface area contributed by atoms with Crippen LogP contribution in [0.25, 0.3) is 5.69 Å². The summed E-state index contributed by atoms with van der Waals surface area (Å²) in [6, 6.07) is 14.0. The molecule has 2 amide bonds. The second-order valence-corrected chi connectivity index (χ2v) is 7.67. The number of amides is 2. The monoisotopic (exact) mass is 402 g/mol. The molecule has 2 N–H and O–H groups in total. The van der Waals surface area contributed by atoms with Crippen molar-refractivity contribution in [2.45, 2.75) is 48.0 Å². The summed E-state index contributed by atoms with van der Waals surface area (Å²) in [6.07, 6.45) is 2.67. The average Bonchev–Trinajstić information content (AvgIpc) is 2.98. The fraction of sp³-hybridized carbons (Fsp3) is 0.280. The van der Waals surface area contributed by atoms with Gasteiger partial charge in [-0.05, 0) is 75.4 Å². The van der Waals surface area contributed by atoms with Crippen molar-refractivity contribution < 1.29 is 4.79 Å². The Kier molecular flexibility index (Phi) is 6.40. The van der Waals surface area contributed by atoms with E-state index in [2.05, 4.69) is 72.4 Å². The standard InChI is InChI=1S/C25H30N4O/c1-7-21-12-8-11-17(3)24(21)29-18(4)14-22(20(29)6)15-26-28-25(30)27-23-13-9-10-16(2)19(23)5/h8-15H,7H2,1-6H3,(H2,27,28,30)/b26-15+. The van der Waals surface area contributed by atoms with Crippen LogP contribution in [0.1, 0.15) is 46.1 Å². The molecule has 0 fully saturated rings. The van der Waals surface area contributed by atoms with Crippen molar-refractivity contribution in [2.24, 2.45) is 5.10 Å². The van der Waals surface area contributed by atoms with Crippen LogP contribution in [0.5, 0.6) is 0 Å². The van der Waals surface area contributed by atoms with Gasteiger partial charge in [-0.25, -0.2) is 10.2 Å². The van der Waals surface area contributed by atoms with Gasteiger partial charge in [-0.1, -0.05) is 37.3 Å². The van der Waals surface area contributed by atoms with Crippen molar-refractivity contribution >= 4 is 17.9 Å². The molecule has 5 nitrogen and oxygen atoms in total. The summed E-state index contributed by atoms with van der Waals surface area (Å²) < 4.78 is 2.27. The molecule has 1 heterocycles. The van der Waals surface area contributed by atoms with Gasteiger partial charge in [-0.3, -0.25) is 0 Å². The molecular formula is C25H30N4O. The molecule has 0 bridgehead atoms. The van der Waals surface area contributed by atoms with Gasteiger partial charge in [-0.15, -0.1) is 0 Å². The topological polar surface area (TPSA) is 58.4 Å². The molecule has 30 heavy (non-hydrogen) atoms. The first-order valence-corrected chi connectivity index (χ1v) is 10.3. The second-order valence-electron chi connectivity index (χ2n) is 7.67. The first-order chi connectivity index (χ1) is 14.3. The molecular weight excluding hydrogens is 372 g/mol. The Morgan fingerprint density at radius 3 is 2.47 bits per heavy atom. The van der Waals surface area contributed by atoms with Gasteiger partial charge < -0.3 is 9.88 Å². The number of urea groups is 1. The lowest BCUT2D eigenvalue weighted by Gasteiger charge is -2.17. The number of benzene rings is 2. The maximum atomic E-state index is 12.2. The molecule has 0 saturated carbocycles. The number of hydrazone groups is 1. The summed E-state index contributed by atoms with van der Waals surface area (Å²) in [7, 11) is 0. The lowest BCUT2D eigenvalue weighted by molar-refractivity contribution is 0.252. The summed E-state index contributed by atoms with van der Waals surface area (Å²) in [5.41, 5.74) is 12.5. The van der Waals surface area contributed by atoms with E-state index >= 15 is 0 Å². The van der Waals surface area contributed by atoms with Crippen LogP contribution in [0.3, 0.4) is 0 Å². The van der Waals surface area contributed by atoms with Crippen LogP contribution >= 0.6 is 0 Å². The Labute approximate surface area is 178 Å². The Morgan fingerprint density at radius 1 is 1.03 bits per heavy atom. The maximum absolute atomic E-state index is 12.2. The third-order valence-electron chi connectivity index (χ3n) is 5.62. The van der Waals surface area contributed by atoms with Crippen molar-refractivity contribution in [3.05, 3.63) is 81.7 Å². The van der Waals surface area contributed by atoms with Gasteiger partial charge in [-0.2, -0.15) is 5.10 Å². The summed E-state index contributed by atoms with van der Waals surface area (Å²) in [4.78, 5) is 12.2. The predicted molar refractivity (Wildman–Crippen MR) is 125 cm³/mol. The van der Waals surface area contributed by atoms with Crippen molar-refractivity contribution in [2.75, 3.05) is 5.32 Å². The van der Waals surface area contributed by atoms with Gasteiger partial charge in [0, 0.05) is 22.6 Å². The zero-order chi connectivity index (χ0) is 21.8. The number of nitrogens with one attached hydrogen (secondary N) is 2. The molecule has 0 atom stereocenters. The van der Waals surface area contributed by atoms with Crippen molar-refractivity contribution in [1.29, 1.82) is 0 Å². The number of carbonyl (C=O) groups is 1. The lowest BCUT2D eigenvalue weighted by Crippen LogP contribution is -2.24. The number of aromatic nitrogens is 1. The van der Waals surface area contributed by atoms with E-state index in [0.29, 0.717) is 0 Å². The summed E-state index contributed by atoms with van der Waals surface area (Å²) in [6.45, 7) is 12.5. The maximum Gasteiger partial charge on any atom is 0.339 e. The van der Waals surface area contributed by atoms with Crippen molar-refractivity contribution in [3.63, 3.8) is 0 Å². The number of hydrogen-bond donors (Lipinski definition) is 2. The van der Waals surface area contributed by atoms with Crippen molar-refractivity contribution in [1.82, 2.24) is 9.99 Å². The Balaban J connectivity index is 1.79. The summed E-state index contributed by atoms with van der Waals surface area (Å²) in [5, 5.41) is 7.01. The number of rotatable bonds is 5. The van der Waals surface area contributed by atoms with Gasteiger partial charge in [0.1, 0.15) is 0 Å². The van der Waals surface area contributed by atoms with Gasteiger partial charge >= 0.3 is 6.03 Å². The quantitative estimate of drug-likeness (QED) is 0.415. The molecule has 0 saturated heterocycles. The first-order valence-electron chi connectivity index (χ1n) is 10.3. The Morgan fingerprint density at radius 2 is 1.73 bits per heavy atom. The number of hydrogen-bond acceptors (Lipinski definition) is 2. The highest BCUT2D eigenvalue weighted by atomic mass is 16.2. The highest BCUT2D eigenvalue weighted by Crippen LogP contribution is 2.26. The zero-order valence-corrected chi connectivity index (χ0v) is 18.6. The minimum atomic E-state index is -0.360. The SMILES string of the molecule is CCc1cccc(C)c1-n1c(C)cc(/C=N/NC(=O)Nc2cccc(C)c2C)c1C. The minimum absolute atomic E-state index is 0.360. The zero-order valence-electron chi connectivity index (χ0n) is 18.6. The second kappa shape index (κ2) is 8.99. The van der Waals surface area contributed by atoms with Crippen LogP contribution in [0.2, 0.25) is 0 Å². The number of carbonyl (C=O) groups excluding carboxylic acids is 1. The molecule has 0 radical (unpaired) electrons. The van der Waals surface area contributed by atoms with Crippen molar-refractivity contribution in [3.8, 4) is 5.69 Å². The third-order valence-corrected chi connectivity index (χ3v) is 5.62. The Bertz CT molecular complexity index is 1110. The van der Waals surface area contributed by atoms with Crippen LogP contribution < -0.4 is 10.7 Å². The fourth-order valence-corrected chi connectivity index (χ4v) is 3.78. The van der Waals surface area contributed by atoms with E-state index in [9.17, 15) is 4.79 Å². The summed E-state index contributed by atoms with van der Waals surface area (Å²) in [5.74, 6) is 0. The molecule has 1 aromatic heterocycles.